The lowest BCUT2D eigenvalue weighted by atomic mass is 10.1. The van der Waals surface area contributed by atoms with E-state index in [1.54, 1.807) is 6.08 Å². The maximum atomic E-state index is 12.7. The van der Waals surface area contributed by atoms with E-state index in [0.717, 1.165) is 70.6 Å². The highest BCUT2D eigenvalue weighted by atomic mass is 31.2. The van der Waals surface area contributed by atoms with Gasteiger partial charge in [-0.05, 0) is 57.8 Å². The van der Waals surface area contributed by atoms with Crippen LogP contribution in [-0.4, -0.2) is 68.5 Å². The molecule has 0 heterocycles. The van der Waals surface area contributed by atoms with Crippen molar-refractivity contribution in [2.75, 3.05) is 40.9 Å². The third-order valence-electron chi connectivity index (χ3n) is 6.99. The number of phosphoric ester groups is 1. The van der Waals surface area contributed by atoms with Gasteiger partial charge in [-0.1, -0.05) is 101 Å². The number of quaternary nitrogens is 1. The van der Waals surface area contributed by atoms with Crippen LogP contribution in [0.3, 0.4) is 0 Å². The quantitative estimate of drug-likeness (QED) is 0.0378. The molecule has 0 radical (unpaired) electrons. The molecule has 0 aliphatic heterocycles. The third-order valence-corrected chi connectivity index (χ3v) is 7.96. The maximum Gasteiger partial charge on any atom is 0.268 e. The van der Waals surface area contributed by atoms with E-state index in [-0.39, 0.29) is 12.5 Å². The van der Waals surface area contributed by atoms with Crippen LogP contribution in [0.2, 0.25) is 0 Å². The summed E-state index contributed by atoms with van der Waals surface area (Å²) in [6.07, 6.45) is 31.6. The molecule has 9 heteroatoms. The smallest absolute Gasteiger partial charge is 0.268 e. The van der Waals surface area contributed by atoms with E-state index in [0.29, 0.717) is 17.4 Å². The average molecular weight is 641 g/mol. The number of nitrogens with one attached hydrogen (secondary N) is 1. The Balaban J connectivity index is 4.66. The second kappa shape index (κ2) is 27.7. The SMILES string of the molecule is CCC/C=C\C/C=C\CCCCCCCC(=O)NC(COP(=O)([O-])OCC[N+](C)(C)C)C(O)/C=C/CC/C=C/CCCCC. The Morgan fingerprint density at radius 2 is 1.39 bits per heavy atom. The van der Waals surface area contributed by atoms with Gasteiger partial charge in [-0.25, -0.2) is 0 Å². The summed E-state index contributed by atoms with van der Waals surface area (Å²) < 4.78 is 22.9. The first-order valence-electron chi connectivity index (χ1n) is 17.0. The number of amides is 1. The Morgan fingerprint density at radius 3 is 2.07 bits per heavy atom. The summed E-state index contributed by atoms with van der Waals surface area (Å²) >= 11 is 0. The van der Waals surface area contributed by atoms with Crippen LogP contribution in [0.1, 0.15) is 117 Å². The minimum atomic E-state index is -4.58. The van der Waals surface area contributed by atoms with Crippen LogP contribution in [0.15, 0.2) is 48.6 Å². The summed E-state index contributed by atoms with van der Waals surface area (Å²) in [6.45, 7) is 4.44. The monoisotopic (exact) mass is 640 g/mol. The molecule has 0 aromatic rings. The van der Waals surface area contributed by atoms with Crippen molar-refractivity contribution >= 4 is 13.7 Å². The maximum absolute atomic E-state index is 12.7. The molecule has 0 aromatic heterocycles. The minimum Gasteiger partial charge on any atom is -0.756 e. The number of carbonyl (C=O) groups excluding carboxylic acids is 1. The summed E-state index contributed by atoms with van der Waals surface area (Å²) in [6, 6.07) is -0.906. The highest BCUT2D eigenvalue weighted by Gasteiger charge is 2.23. The Kier molecular flexibility index (Phi) is 26.8. The van der Waals surface area contributed by atoms with E-state index >= 15 is 0 Å². The van der Waals surface area contributed by atoms with Crippen molar-refractivity contribution in [2.45, 2.75) is 129 Å². The van der Waals surface area contributed by atoms with E-state index in [1.807, 2.05) is 27.2 Å². The van der Waals surface area contributed by atoms with Crippen molar-refractivity contribution in [3.63, 3.8) is 0 Å². The first kappa shape index (κ1) is 42.5. The Hall–Kier alpha value is -1.54. The van der Waals surface area contributed by atoms with Gasteiger partial charge in [0.1, 0.15) is 13.2 Å². The number of aliphatic hydroxyl groups is 1. The number of rotatable bonds is 29. The molecule has 0 saturated heterocycles. The zero-order chi connectivity index (χ0) is 32.9. The van der Waals surface area contributed by atoms with E-state index in [1.165, 1.54) is 25.7 Å². The lowest BCUT2D eigenvalue weighted by molar-refractivity contribution is -0.870. The van der Waals surface area contributed by atoms with E-state index < -0.39 is 26.6 Å². The van der Waals surface area contributed by atoms with Crippen LogP contribution in [-0.2, 0) is 18.4 Å². The van der Waals surface area contributed by atoms with Crippen molar-refractivity contribution in [3.05, 3.63) is 48.6 Å². The van der Waals surface area contributed by atoms with Crippen LogP contribution in [0.4, 0.5) is 0 Å². The van der Waals surface area contributed by atoms with Crippen LogP contribution in [0.5, 0.6) is 0 Å². The van der Waals surface area contributed by atoms with Gasteiger partial charge in [0.2, 0.25) is 5.91 Å². The zero-order valence-corrected chi connectivity index (χ0v) is 29.5. The molecule has 8 nitrogen and oxygen atoms in total. The van der Waals surface area contributed by atoms with Crippen LogP contribution in [0, 0.1) is 0 Å². The van der Waals surface area contributed by atoms with Gasteiger partial charge < -0.3 is 28.8 Å². The number of nitrogens with zero attached hydrogens (tertiary/aromatic N) is 1. The predicted octanol–water partition coefficient (Wildman–Crippen LogP) is 7.55. The second-order valence-corrected chi connectivity index (χ2v) is 13.9. The highest BCUT2D eigenvalue weighted by molar-refractivity contribution is 7.45. The summed E-state index contributed by atoms with van der Waals surface area (Å²) in [5.41, 5.74) is 0. The second-order valence-electron chi connectivity index (χ2n) is 12.5. The number of hydrogen-bond acceptors (Lipinski definition) is 6. The number of phosphoric acid groups is 1. The molecule has 3 atom stereocenters. The molecule has 0 rings (SSSR count). The topological polar surface area (TPSA) is 108 Å². The number of unbranched alkanes of at least 4 members (excludes halogenated alkanes) is 10. The van der Waals surface area contributed by atoms with Gasteiger partial charge in [0.25, 0.3) is 7.82 Å². The summed E-state index contributed by atoms with van der Waals surface area (Å²) in [5, 5.41) is 13.6. The van der Waals surface area contributed by atoms with Crippen LogP contribution in [0.25, 0.3) is 0 Å². The molecule has 0 spiro atoms. The van der Waals surface area contributed by atoms with E-state index in [9.17, 15) is 19.4 Å². The highest BCUT2D eigenvalue weighted by Crippen LogP contribution is 2.38. The summed E-state index contributed by atoms with van der Waals surface area (Å²) in [4.78, 5) is 25.0. The summed E-state index contributed by atoms with van der Waals surface area (Å²) in [7, 11) is 1.22. The van der Waals surface area contributed by atoms with Gasteiger partial charge in [-0.2, -0.15) is 0 Å². The van der Waals surface area contributed by atoms with Gasteiger partial charge >= 0.3 is 0 Å². The van der Waals surface area contributed by atoms with Crippen LogP contribution >= 0.6 is 7.82 Å². The first-order chi connectivity index (χ1) is 21.0. The van der Waals surface area contributed by atoms with Crippen LogP contribution < -0.4 is 10.2 Å². The standard InChI is InChI=1S/C35H65N2O6P/c1-6-8-10-12-14-16-17-18-19-21-23-25-27-29-35(39)36-33(32-43-44(40,41)42-31-30-37(3,4)5)34(38)28-26-24-22-20-15-13-11-9-7-2/h10,12,15-17,20,26,28,33-34,38H,6-9,11,13-14,18-19,21-25,27,29-32H2,1-5H3,(H-,36,39,40,41)/b12-10-,17-16-,20-15+,28-26+. The largest absolute Gasteiger partial charge is 0.756 e. The molecule has 0 aliphatic rings. The molecule has 256 valence electrons. The van der Waals surface area contributed by atoms with Gasteiger partial charge in [0.05, 0.1) is 39.9 Å². The fraction of sp³-hybridized carbons (Fsp3) is 0.743. The van der Waals surface area contributed by atoms with Gasteiger partial charge in [-0.3, -0.25) is 9.36 Å². The van der Waals surface area contributed by atoms with Crippen molar-refractivity contribution in [1.82, 2.24) is 5.32 Å². The molecule has 44 heavy (non-hydrogen) atoms. The number of carbonyl (C=O) groups is 1. The lowest BCUT2D eigenvalue weighted by Gasteiger charge is -2.29. The molecule has 0 fully saturated rings. The molecule has 0 saturated carbocycles. The Labute approximate surface area is 269 Å². The van der Waals surface area contributed by atoms with Gasteiger partial charge in [-0.15, -0.1) is 0 Å². The summed E-state index contributed by atoms with van der Waals surface area (Å²) in [5.74, 6) is -0.230. The predicted molar refractivity (Wildman–Crippen MR) is 182 cm³/mol. The molecule has 2 N–H and O–H groups in total. The van der Waals surface area contributed by atoms with E-state index in [4.69, 9.17) is 9.05 Å². The normalized spacial score (nSPS) is 15.5. The number of allylic oxidation sites excluding steroid dienone is 7. The van der Waals surface area contributed by atoms with E-state index in [2.05, 4.69) is 55.6 Å². The van der Waals surface area contributed by atoms with Gasteiger partial charge in [0.15, 0.2) is 0 Å². The average Bonchev–Trinajstić information content (AvgIpc) is 2.95. The zero-order valence-electron chi connectivity index (χ0n) is 28.6. The number of aliphatic hydroxyl groups excluding tert-OH is 1. The van der Waals surface area contributed by atoms with Crippen molar-refractivity contribution in [2.24, 2.45) is 0 Å². The van der Waals surface area contributed by atoms with Crippen molar-refractivity contribution in [3.8, 4) is 0 Å². The molecule has 0 bridgehead atoms. The molecule has 3 unspecified atom stereocenters. The van der Waals surface area contributed by atoms with Gasteiger partial charge in [0, 0.05) is 6.42 Å². The fourth-order valence-corrected chi connectivity index (χ4v) is 4.92. The Bertz CT molecular complexity index is 866. The molecule has 0 aliphatic carbocycles. The number of likely N-dealkylation sites (N-methyl/N-ethyl adjacent to an activating group) is 1. The minimum absolute atomic E-state index is 0.0115. The molecular weight excluding hydrogens is 575 g/mol. The first-order valence-corrected chi connectivity index (χ1v) is 18.5. The number of hydrogen-bond donors (Lipinski definition) is 2. The molecule has 0 aromatic carbocycles. The van der Waals surface area contributed by atoms with Crippen molar-refractivity contribution in [1.29, 1.82) is 0 Å². The third kappa shape index (κ3) is 29.2. The fourth-order valence-electron chi connectivity index (χ4n) is 4.20. The molecular formula is C35H65N2O6P. The Morgan fingerprint density at radius 1 is 0.795 bits per heavy atom. The lowest BCUT2D eigenvalue weighted by Crippen LogP contribution is -2.45. The molecule has 1 amide bonds. The van der Waals surface area contributed by atoms with Crippen molar-refractivity contribution < 1.29 is 32.9 Å².